The first-order valence-corrected chi connectivity index (χ1v) is 7.31. The molecule has 0 saturated carbocycles. The zero-order valence-corrected chi connectivity index (χ0v) is 12.0. The van der Waals surface area contributed by atoms with Gasteiger partial charge in [-0.2, -0.15) is 0 Å². The van der Waals surface area contributed by atoms with Crippen molar-refractivity contribution in [3.05, 3.63) is 35.9 Å². The molecule has 0 radical (unpaired) electrons. The van der Waals surface area contributed by atoms with Crippen molar-refractivity contribution in [1.29, 1.82) is 0 Å². The predicted octanol–water partition coefficient (Wildman–Crippen LogP) is 2.06. The largest absolute Gasteiger partial charge is 0.356 e. The summed E-state index contributed by atoms with van der Waals surface area (Å²) < 4.78 is 0. The third-order valence-electron chi connectivity index (χ3n) is 3.83. The van der Waals surface area contributed by atoms with Crippen LogP contribution < -0.4 is 5.32 Å². The van der Waals surface area contributed by atoms with Crippen molar-refractivity contribution in [3.8, 4) is 0 Å². The summed E-state index contributed by atoms with van der Waals surface area (Å²) in [5, 5.41) is 2.94. The standard InChI is InChI=1S/C16H22N2O2/c1-2-15(19)17-12-13-8-10-18(11-9-13)16(20)14-6-4-3-5-7-14/h3-7,13H,2,8-12H2,1H3,(H,17,19). The smallest absolute Gasteiger partial charge is 0.253 e. The predicted molar refractivity (Wildman–Crippen MR) is 78.4 cm³/mol. The molecule has 108 valence electrons. The first-order chi connectivity index (χ1) is 9.70. The Labute approximate surface area is 120 Å². The molecule has 1 N–H and O–H groups in total. The molecule has 0 aliphatic carbocycles. The molecule has 1 aromatic carbocycles. The third-order valence-corrected chi connectivity index (χ3v) is 3.83. The van der Waals surface area contributed by atoms with Crippen molar-refractivity contribution in [1.82, 2.24) is 10.2 Å². The van der Waals surface area contributed by atoms with E-state index in [0.29, 0.717) is 12.3 Å². The van der Waals surface area contributed by atoms with Gasteiger partial charge in [0, 0.05) is 31.6 Å². The second-order valence-corrected chi connectivity index (χ2v) is 5.26. The first-order valence-electron chi connectivity index (χ1n) is 7.31. The van der Waals surface area contributed by atoms with Gasteiger partial charge in [-0.05, 0) is 30.9 Å². The lowest BCUT2D eigenvalue weighted by Crippen LogP contribution is -2.41. The van der Waals surface area contributed by atoms with Crippen LogP contribution in [-0.4, -0.2) is 36.3 Å². The van der Waals surface area contributed by atoms with E-state index in [9.17, 15) is 9.59 Å². The molecule has 0 bridgehead atoms. The number of benzene rings is 1. The SMILES string of the molecule is CCC(=O)NCC1CCN(C(=O)c2ccccc2)CC1. The van der Waals surface area contributed by atoms with Crippen molar-refractivity contribution in [2.24, 2.45) is 5.92 Å². The molecular weight excluding hydrogens is 252 g/mol. The fourth-order valence-electron chi connectivity index (χ4n) is 2.49. The summed E-state index contributed by atoms with van der Waals surface area (Å²) >= 11 is 0. The van der Waals surface area contributed by atoms with E-state index in [4.69, 9.17) is 0 Å². The molecule has 1 heterocycles. The van der Waals surface area contributed by atoms with E-state index in [1.165, 1.54) is 0 Å². The number of likely N-dealkylation sites (tertiary alicyclic amines) is 1. The Bertz CT molecular complexity index is 451. The van der Waals surface area contributed by atoms with Crippen LogP contribution >= 0.6 is 0 Å². The normalized spacial score (nSPS) is 15.9. The monoisotopic (exact) mass is 274 g/mol. The van der Waals surface area contributed by atoms with Crippen molar-refractivity contribution >= 4 is 11.8 Å². The highest BCUT2D eigenvalue weighted by atomic mass is 16.2. The second kappa shape index (κ2) is 7.08. The van der Waals surface area contributed by atoms with E-state index in [1.807, 2.05) is 42.2 Å². The molecule has 2 amide bonds. The molecule has 2 rings (SSSR count). The highest BCUT2D eigenvalue weighted by Gasteiger charge is 2.23. The first kappa shape index (κ1) is 14.6. The van der Waals surface area contributed by atoms with Crippen LogP contribution in [0.5, 0.6) is 0 Å². The second-order valence-electron chi connectivity index (χ2n) is 5.26. The maximum absolute atomic E-state index is 12.3. The summed E-state index contributed by atoms with van der Waals surface area (Å²) in [6.45, 7) is 4.15. The van der Waals surface area contributed by atoms with E-state index >= 15 is 0 Å². The minimum Gasteiger partial charge on any atom is -0.356 e. The van der Waals surface area contributed by atoms with Gasteiger partial charge >= 0.3 is 0 Å². The number of nitrogens with one attached hydrogen (secondary N) is 1. The minimum absolute atomic E-state index is 0.104. The van der Waals surface area contributed by atoms with E-state index in [2.05, 4.69) is 5.32 Å². The average molecular weight is 274 g/mol. The number of carbonyl (C=O) groups is 2. The van der Waals surface area contributed by atoms with Crippen molar-refractivity contribution in [3.63, 3.8) is 0 Å². The molecule has 0 spiro atoms. The number of nitrogens with zero attached hydrogens (tertiary/aromatic N) is 1. The van der Waals surface area contributed by atoms with Gasteiger partial charge in [-0.1, -0.05) is 25.1 Å². The fraction of sp³-hybridized carbons (Fsp3) is 0.500. The van der Waals surface area contributed by atoms with Crippen molar-refractivity contribution in [2.75, 3.05) is 19.6 Å². The average Bonchev–Trinajstić information content (AvgIpc) is 2.53. The summed E-state index contributed by atoms with van der Waals surface area (Å²) in [4.78, 5) is 25.4. The highest BCUT2D eigenvalue weighted by molar-refractivity contribution is 5.94. The van der Waals surface area contributed by atoms with Crippen LogP contribution in [-0.2, 0) is 4.79 Å². The number of piperidine rings is 1. The molecule has 0 unspecified atom stereocenters. The lowest BCUT2D eigenvalue weighted by molar-refractivity contribution is -0.121. The number of hydrogen-bond donors (Lipinski definition) is 1. The highest BCUT2D eigenvalue weighted by Crippen LogP contribution is 2.18. The van der Waals surface area contributed by atoms with E-state index in [-0.39, 0.29) is 11.8 Å². The maximum atomic E-state index is 12.3. The van der Waals surface area contributed by atoms with Gasteiger partial charge in [-0.3, -0.25) is 9.59 Å². The van der Waals surface area contributed by atoms with Gasteiger partial charge in [0.05, 0.1) is 0 Å². The summed E-state index contributed by atoms with van der Waals surface area (Å²) in [5.41, 5.74) is 0.755. The van der Waals surface area contributed by atoms with Gasteiger partial charge in [0.2, 0.25) is 5.91 Å². The molecule has 1 aliphatic rings. The Balaban J connectivity index is 1.79. The number of carbonyl (C=O) groups excluding carboxylic acids is 2. The molecule has 1 aromatic rings. The summed E-state index contributed by atoms with van der Waals surface area (Å²) in [7, 11) is 0. The summed E-state index contributed by atoms with van der Waals surface area (Å²) in [5.74, 6) is 0.708. The van der Waals surface area contributed by atoms with Crippen LogP contribution in [0, 0.1) is 5.92 Å². The van der Waals surface area contributed by atoms with Crippen LogP contribution in [0.25, 0.3) is 0 Å². The molecule has 20 heavy (non-hydrogen) atoms. The maximum Gasteiger partial charge on any atom is 0.253 e. The van der Waals surface area contributed by atoms with Crippen LogP contribution in [0.3, 0.4) is 0 Å². The van der Waals surface area contributed by atoms with Crippen LogP contribution in [0.4, 0.5) is 0 Å². The van der Waals surface area contributed by atoms with Gasteiger partial charge in [0.1, 0.15) is 0 Å². The minimum atomic E-state index is 0.104. The lowest BCUT2D eigenvalue weighted by atomic mass is 9.96. The molecule has 4 nitrogen and oxygen atoms in total. The number of rotatable bonds is 4. The van der Waals surface area contributed by atoms with Gasteiger partial charge in [0.15, 0.2) is 0 Å². The molecule has 0 aromatic heterocycles. The molecule has 1 aliphatic heterocycles. The van der Waals surface area contributed by atoms with Gasteiger partial charge in [-0.25, -0.2) is 0 Å². The molecule has 1 saturated heterocycles. The van der Waals surface area contributed by atoms with Gasteiger partial charge in [-0.15, -0.1) is 0 Å². The van der Waals surface area contributed by atoms with Crippen molar-refractivity contribution < 1.29 is 9.59 Å². The van der Waals surface area contributed by atoms with Crippen LogP contribution in [0.2, 0.25) is 0 Å². The number of hydrogen-bond acceptors (Lipinski definition) is 2. The quantitative estimate of drug-likeness (QED) is 0.913. The Morgan fingerprint density at radius 3 is 2.45 bits per heavy atom. The van der Waals surface area contributed by atoms with Crippen LogP contribution in [0.1, 0.15) is 36.5 Å². The molecule has 1 fully saturated rings. The van der Waals surface area contributed by atoms with Crippen molar-refractivity contribution in [2.45, 2.75) is 26.2 Å². The lowest BCUT2D eigenvalue weighted by Gasteiger charge is -2.32. The van der Waals surface area contributed by atoms with E-state index < -0.39 is 0 Å². The number of amides is 2. The summed E-state index contributed by atoms with van der Waals surface area (Å²) in [6, 6.07) is 9.41. The van der Waals surface area contributed by atoms with Crippen LogP contribution in [0.15, 0.2) is 30.3 Å². The topological polar surface area (TPSA) is 49.4 Å². The Kier molecular flexibility index (Phi) is 5.16. The van der Waals surface area contributed by atoms with Gasteiger partial charge in [0.25, 0.3) is 5.91 Å². The fourth-order valence-corrected chi connectivity index (χ4v) is 2.49. The molecular formula is C16H22N2O2. The van der Waals surface area contributed by atoms with E-state index in [1.54, 1.807) is 0 Å². The van der Waals surface area contributed by atoms with Gasteiger partial charge < -0.3 is 10.2 Å². The Morgan fingerprint density at radius 1 is 1.20 bits per heavy atom. The zero-order chi connectivity index (χ0) is 14.4. The Morgan fingerprint density at radius 2 is 1.85 bits per heavy atom. The zero-order valence-electron chi connectivity index (χ0n) is 12.0. The summed E-state index contributed by atoms with van der Waals surface area (Å²) in [6.07, 6.45) is 2.45. The molecule has 4 heteroatoms. The Hall–Kier alpha value is -1.84. The molecule has 0 atom stereocenters. The van der Waals surface area contributed by atoms with E-state index in [0.717, 1.165) is 38.0 Å². The third kappa shape index (κ3) is 3.83.